The molecule has 21 heavy (non-hydrogen) atoms. The standard InChI is InChI=1S/C15H13BrCl2N2O/c16-11-3-1-2-10(8-11)6-7-19-15(21)20-14-9-12(17)4-5-13(14)18/h1-5,8-9H,6-7H2,(H2,19,20,21). The van der Waals surface area contributed by atoms with Gasteiger partial charge >= 0.3 is 6.03 Å². The lowest BCUT2D eigenvalue weighted by molar-refractivity contribution is 0.252. The average molecular weight is 388 g/mol. The van der Waals surface area contributed by atoms with Crippen molar-refractivity contribution in [2.24, 2.45) is 0 Å². The van der Waals surface area contributed by atoms with Crippen molar-refractivity contribution >= 4 is 50.9 Å². The number of nitrogens with one attached hydrogen (secondary N) is 2. The second-order valence-electron chi connectivity index (χ2n) is 4.38. The number of rotatable bonds is 4. The van der Waals surface area contributed by atoms with Gasteiger partial charge in [-0.2, -0.15) is 0 Å². The molecule has 6 heteroatoms. The number of halogens is 3. The zero-order chi connectivity index (χ0) is 15.2. The van der Waals surface area contributed by atoms with Crippen LogP contribution < -0.4 is 10.6 Å². The van der Waals surface area contributed by atoms with Crippen LogP contribution in [-0.4, -0.2) is 12.6 Å². The molecule has 0 aliphatic rings. The number of hydrogen-bond acceptors (Lipinski definition) is 1. The minimum Gasteiger partial charge on any atom is -0.338 e. The number of urea groups is 1. The van der Waals surface area contributed by atoms with E-state index in [0.717, 1.165) is 16.5 Å². The molecule has 0 aliphatic carbocycles. The van der Waals surface area contributed by atoms with Gasteiger partial charge < -0.3 is 10.6 Å². The van der Waals surface area contributed by atoms with Crippen LogP contribution in [0.15, 0.2) is 46.9 Å². The van der Waals surface area contributed by atoms with Crippen LogP contribution in [0.2, 0.25) is 10.0 Å². The predicted octanol–water partition coefficient (Wildman–Crippen LogP) is 5.12. The monoisotopic (exact) mass is 386 g/mol. The Morgan fingerprint density at radius 2 is 1.95 bits per heavy atom. The molecule has 110 valence electrons. The highest BCUT2D eigenvalue weighted by atomic mass is 79.9. The summed E-state index contributed by atoms with van der Waals surface area (Å²) in [5.41, 5.74) is 1.63. The van der Waals surface area contributed by atoms with Crippen LogP contribution >= 0.6 is 39.1 Å². The molecular formula is C15H13BrCl2N2O. The summed E-state index contributed by atoms with van der Waals surface area (Å²) in [6.45, 7) is 0.528. The van der Waals surface area contributed by atoms with Gasteiger partial charge in [-0.15, -0.1) is 0 Å². The minimum atomic E-state index is -0.311. The van der Waals surface area contributed by atoms with Crippen molar-refractivity contribution in [3.05, 3.63) is 62.5 Å². The summed E-state index contributed by atoms with van der Waals surface area (Å²) in [7, 11) is 0. The third kappa shape index (κ3) is 5.23. The average Bonchev–Trinajstić information content (AvgIpc) is 2.43. The summed E-state index contributed by atoms with van der Waals surface area (Å²) < 4.78 is 1.02. The molecule has 0 atom stereocenters. The Morgan fingerprint density at radius 1 is 1.14 bits per heavy atom. The highest BCUT2D eigenvalue weighted by Crippen LogP contribution is 2.25. The number of hydrogen-bond donors (Lipinski definition) is 2. The number of benzene rings is 2. The van der Waals surface area contributed by atoms with E-state index in [1.165, 1.54) is 0 Å². The van der Waals surface area contributed by atoms with Gasteiger partial charge in [-0.3, -0.25) is 0 Å². The molecule has 2 rings (SSSR count). The number of anilines is 1. The topological polar surface area (TPSA) is 41.1 Å². The van der Waals surface area contributed by atoms with E-state index in [2.05, 4.69) is 26.6 Å². The van der Waals surface area contributed by atoms with Gasteiger partial charge in [-0.05, 0) is 42.3 Å². The molecule has 2 amide bonds. The fourth-order valence-corrected chi connectivity index (χ4v) is 2.56. The van der Waals surface area contributed by atoms with Gasteiger partial charge in [0.15, 0.2) is 0 Å². The van der Waals surface area contributed by atoms with Crippen molar-refractivity contribution in [1.82, 2.24) is 5.32 Å². The lowest BCUT2D eigenvalue weighted by atomic mass is 10.1. The summed E-state index contributed by atoms with van der Waals surface area (Å²) in [6.07, 6.45) is 0.746. The Kier molecular flexibility index (Phi) is 5.91. The summed E-state index contributed by atoms with van der Waals surface area (Å²) >= 11 is 15.3. The van der Waals surface area contributed by atoms with Crippen molar-refractivity contribution in [3.8, 4) is 0 Å². The molecule has 3 nitrogen and oxygen atoms in total. The van der Waals surface area contributed by atoms with E-state index < -0.39 is 0 Å². The van der Waals surface area contributed by atoms with Crippen LogP contribution in [0.4, 0.5) is 10.5 Å². The lowest BCUT2D eigenvalue weighted by Crippen LogP contribution is -2.30. The van der Waals surface area contributed by atoms with E-state index in [1.54, 1.807) is 18.2 Å². The normalized spacial score (nSPS) is 10.2. The highest BCUT2D eigenvalue weighted by Gasteiger charge is 2.06. The Hall–Kier alpha value is -1.23. The van der Waals surface area contributed by atoms with Gasteiger partial charge in [0.2, 0.25) is 0 Å². The summed E-state index contributed by atoms with van der Waals surface area (Å²) in [5.74, 6) is 0. The fourth-order valence-electron chi connectivity index (χ4n) is 1.77. The van der Waals surface area contributed by atoms with Gasteiger partial charge in [0.05, 0.1) is 10.7 Å². The molecule has 2 aromatic carbocycles. The SMILES string of the molecule is O=C(NCCc1cccc(Br)c1)Nc1cc(Cl)ccc1Cl. The third-order valence-electron chi connectivity index (χ3n) is 2.76. The molecule has 0 bridgehead atoms. The molecule has 0 aliphatic heterocycles. The number of amides is 2. The molecule has 0 radical (unpaired) electrons. The number of carbonyl (C=O) groups is 1. The molecule has 2 N–H and O–H groups in total. The first-order valence-electron chi connectivity index (χ1n) is 6.29. The fraction of sp³-hybridized carbons (Fsp3) is 0.133. The first-order chi connectivity index (χ1) is 10.0. The quantitative estimate of drug-likeness (QED) is 0.750. The maximum atomic E-state index is 11.8. The molecule has 0 unspecified atom stereocenters. The third-order valence-corrected chi connectivity index (χ3v) is 3.82. The Balaban J connectivity index is 1.84. The van der Waals surface area contributed by atoms with E-state index >= 15 is 0 Å². The van der Waals surface area contributed by atoms with Crippen LogP contribution in [0.25, 0.3) is 0 Å². The molecule has 2 aromatic rings. The van der Waals surface area contributed by atoms with E-state index in [-0.39, 0.29) is 6.03 Å². The zero-order valence-corrected chi connectivity index (χ0v) is 14.1. The van der Waals surface area contributed by atoms with Gasteiger partial charge in [0.1, 0.15) is 0 Å². The molecule has 0 aromatic heterocycles. The van der Waals surface area contributed by atoms with Gasteiger partial charge in [0, 0.05) is 16.0 Å². The molecule has 0 fully saturated rings. The molecule has 0 spiro atoms. The van der Waals surface area contributed by atoms with Crippen molar-refractivity contribution in [3.63, 3.8) is 0 Å². The molecule has 0 saturated carbocycles. The van der Waals surface area contributed by atoms with Crippen molar-refractivity contribution in [1.29, 1.82) is 0 Å². The van der Waals surface area contributed by atoms with Gasteiger partial charge in [0.25, 0.3) is 0 Å². The first kappa shape index (κ1) is 16.1. The van der Waals surface area contributed by atoms with Crippen LogP contribution in [-0.2, 0) is 6.42 Å². The Bertz CT molecular complexity index is 649. The second-order valence-corrected chi connectivity index (χ2v) is 6.14. The maximum Gasteiger partial charge on any atom is 0.319 e. The Morgan fingerprint density at radius 3 is 2.71 bits per heavy atom. The van der Waals surface area contributed by atoms with E-state index in [4.69, 9.17) is 23.2 Å². The van der Waals surface area contributed by atoms with Crippen molar-refractivity contribution in [2.75, 3.05) is 11.9 Å². The summed E-state index contributed by atoms with van der Waals surface area (Å²) in [4.78, 5) is 11.8. The number of carbonyl (C=O) groups excluding carboxylic acids is 1. The van der Waals surface area contributed by atoms with Crippen LogP contribution in [0.1, 0.15) is 5.56 Å². The summed E-state index contributed by atoms with van der Waals surface area (Å²) in [6, 6.07) is 12.6. The van der Waals surface area contributed by atoms with Gasteiger partial charge in [-0.1, -0.05) is 51.3 Å². The molecule has 0 saturated heterocycles. The summed E-state index contributed by atoms with van der Waals surface area (Å²) in [5, 5.41) is 6.41. The lowest BCUT2D eigenvalue weighted by Gasteiger charge is -2.09. The highest BCUT2D eigenvalue weighted by molar-refractivity contribution is 9.10. The van der Waals surface area contributed by atoms with Crippen molar-refractivity contribution in [2.45, 2.75) is 6.42 Å². The molecular weight excluding hydrogens is 375 g/mol. The van der Waals surface area contributed by atoms with Crippen molar-refractivity contribution < 1.29 is 4.79 Å². The largest absolute Gasteiger partial charge is 0.338 e. The van der Waals surface area contributed by atoms with E-state index in [1.807, 2.05) is 24.3 Å². The maximum absolute atomic E-state index is 11.8. The predicted molar refractivity (Wildman–Crippen MR) is 91.3 cm³/mol. The first-order valence-corrected chi connectivity index (χ1v) is 7.84. The molecule has 0 heterocycles. The second kappa shape index (κ2) is 7.69. The van der Waals surface area contributed by atoms with Gasteiger partial charge in [-0.25, -0.2) is 4.79 Å². The van der Waals surface area contributed by atoms with Crippen LogP contribution in [0.5, 0.6) is 0 Å². The van der Waals surface area contributed by atoms with E-state index in [0.29, 0.717) is 22.3 Å². The van der Waals surface area contributed by atoms with E-state index in [9.17, 15) is 4.79 Å². The van der Waals surface area contributed by atoms with Crippen LogP contribution in [0, 0.1) is 0 Å². The Labute approximate surface area is 141 Å². The van der Waals surface area contributed by atoms with Crippen LogP contribution in [0.3, 0.4) is 0 Å². The zero-order valence-electron chi connectivity index (χ0n) is 11.0. The smallest absolute Gasteiger partial charge is 0.319 e. The minimum absolute atomic E-state index is 0.311.